The molecule has 0 unspecified atom stereocenters. The summed E-state index contributed by atoms with van der Waals surface area (Å²) in [5.41, 5.74) is 4.00. The van der Waals surface area contributed by atoms with Crippen molar-refractivity contribution in [2.75, 3.05) is 20.8 Å². The van der Waals surface area contributed by atoms with Crippen molar-refractivity contribution in [1.29, 1.82) is 0 Å². The summed E-state index contributed by atoms with van der Waals surface area (Å²) in [4.78, 5) is 28.3. The van der Waals surface area contributed by atoms with Crippen molar-refractivity contribution in [3.8, 4) is 17.2 Å². The number of carbonyl (C=O) groups excluding carboxylic acids is 2. The molecular weight excluding hydrogens is 500 g/mol. The Morgan fingerprint density at radius 1 is 0.897 bits per heavy atom. The molecule has 0 N–H and O–H groups in total. The van der Waals surface area contributed by atoms with E-state index in [1.165, 1.54) is 7.11 Å². The van der Waals surface area contributed by atoms with Gasteiger partial charge in [0, 0.05) is 25.6 Å². The van der Waals surface area contributed by atoms with Crippen LogP contribution >= 0.6 is 0 Å². The zero-order chi connectivity index (χ0) is 27.8. The molecule has 0 aliphatic carbocycles. The van der Waals surface area contributed by atoms with Crippen LogP contribution in [-0.2, 0) is 41.0 Å². The molecule has 0 amide bonds. The molecule has 3 aromatic carbocycles. The maximum Gasteiger partial charge on any atom is 0.337 e. The number of carbonyl (C=O) groups is 2. The number of hydrogen-bond donors (Lipinski definition) is 0. The maximum absolute atomic E-state index is 11.9. The summed E-state index contributed by atoms with van der Waals surface area (Å²) in [7, 11) is 4.92. The van der Waals surface area contributed by atoms with Gasteiger partial charge in [0.25, 0.3) is 0 Å². The van der Waals surface area contributed by atoms with E-state index >= 15 is 0 Å². The van der Waals surface area contributed by atoms with Gasteiger partial charge in [-0.3, -0.25) is 4.79 Å². The fourth-order valence-corrected chi connectivity index (χ4v) is 4.07. The first kappa shape index (κ1) is 27.5. The average molecular weight is 533 g/mol. The number of imidazole rings is 1. The molecule has 1 aromatic heterocycles. The summed E-state index contributed by atoms with van der Waals surface area (Å²) >= 11 is 0. The third kappa shape index (κ3) is 6.87. The Balaban J connectivity index is 1.50. The molecule has 0 fully saturated rings. The maximum atomic E-state index is 11.9. The van der Waals surface area contributed by atoms with Gasteiger partial charge < -0.3 is 28.3 Å². The summed E-state index contributed by atoms with van der Waals surface area (Å²) < 4.78 is 29.4. The molecule has 0 saturated heterocycles. The molecule has 0 atom stereocenters. The number of aryl methyl sites for hydroxylation is 2. The van der Waals surface area contributed by atoms with Gasteiger partial charge in [0.2, 0.25) is 0 Å². The molecule has 0 saturated carbocycles. The molecule has 4 aromatic rings. The molecule has 0 aliphatic heterocycles. The smallest absolute Gasteiger partial charge is 0.337 e. The van der Waals surface area contributed by atoms with Crippen molar-refractivity contribution in [2.24, 2.45) is 7.05 Å². The molecule has 4 rings (SSSR count). The van der Waals surface area contributed by atoms with E-state index in [2.05, 4.69) is 4.98 Å². The number of rotatable bonds is 12. The minimum Gasteiger partial charge on any atom is -0.497 e. The molecule has 9 heteroatoms. The zero-order valence-electron chi connectivity index (χ0n) is 22.6. The van der Waals surface area contributed by atoms with Gasteiger partial charge in [0.05, 0.1) is 37.4 Å². The number of esters is 2. The van der Waals surface area contributed by atoms with E-state index in [9.17, 15) is 9.59 Å². The highest BCUT2D eigenvalue weighted by molar-refractivity contribution is 5.89. The number of nitrogens with zero attached hydrogens (tertiary/aromatic N) is 2. The van der Waals surface area contributed by atoms with Gasteiger partial charge >= 0.3 is 11.9 Å². The van der Waals surface area contributed by atoms with Gasteiger partial charge in [0.1, 0.15) is 36.3 Å². The van der Waals surface area contributed by atoms with Crippen LogP contribution in [0.3, 0.4) is 0 Å². The third-order valence-corrected chi connectivity index (χ3v) is 6.26. The van der Waals surface area contributed by atoms with Crippen LogP contribution in [0.25, 0.3) is 11.0 Å². The predicted octanol–water partition coefficient (Wildman–Crippen LogP) is 5.02. The Bertz CT molecular complexity index is 1440. The van der Waals surface area contributed by atoms with Gasteiger partial charge in [-0.05, 0) is 54.8 Å². The lowest BCUT2D eigenvalue weighted by atomic mass is 10.1. The summed E-state index contributed by atoms with van der Waals surface area (Å²) in [6, 6.07) is 18.3. The van der Waals surface area contributed by atoms with Crippen molar-refractivity contribution in [3.05, 3.63) is 83.2 Å². The van der Waals surface area contributed by atoms with Gasteiger partial charge in [-0.25, -0.2) is 9.78 Å². The van der Waals surface area contributed by atoms with E-state index in [1.807, 2.05) is 60.1 Å². The number of benzene rings is 3. The molecule has 0 spiro atoms. The highest BCUT2D eigenvalue weighted by atomic mass is 16.5. The first-order valence-corrected chi connectivity index (χ1v) is 12.6. The second-order valence-corrected chi connectivity index (χ2v) is 8.78. The topological polar surface area (TPSA) is 98.1 Å². The lowest BCUT2D eigenvalue weighted by Gasteiger charge is -2.14. The summed E-state index contributed by atoms with van der Waals surface area (Å²) in [6.07, 6.45) is 0.698. The molecule has 39 heavy (non-hydrogen) atoms. The Labute approximate surface area is 227 Å². The second kappa shape index (κ2) is 12.8. The van der Waals surface area contributed by atoms with Crippen molar-refractivity contribution >= 4 is 23.0 Å². The number of hydrogen-bond acceptors (Lipinski definition) is 8. The Hall–Kier alpha value is -4.53. The molecule has 0 bridgehead atoms. The van der Waals surface area contributed by atoms with Gasteiger partial charge in [-0.1, -0.05) is 18.2 Å². The molecule has 204 valence electrons. The largest absolute Gasteiger partial charge is 0.497 e. The first-order chi connectivity index (χ1) is 18.9. The van der Waals surface area contributed by atoms with Crippen molar-refractivity contribution in [3.63, 3.8) is 0 Å². The standard InChI is InChI=1S/C30H32N2O7/c1-5-37-29(33)15-11-21-10-12-24(17-27(21)39-18-20-6-8-22(9-7-20)30(34)36-4)38-19-28-31-25-14-13-23(35-3)16-26(25)32(28)2/h6-10,12-14,16-17H,5,11,15,18-19H2,1-4H3. The van der Waals surface area contributed by atoms with E-state index in [4.69, 9.17) is 23.7 Å². The highest BCUT2D eigenvalue weighted by Crippen LogP contribution is 2.28. The number of aromatic nitrogens is 2. The third-order valence-electron chi connectivity index (χ3n) is 6.26. The van der Waals surface area contributed by atoms with Crippen LogP contribution in [0.4, 0.5) is 0 Å². The lowest BCUT2D eigenvalue weighted by Crippen LogP contribution is -2.07. The van der Waals surface area contributed by atoms with Crippen LogP contribution in [0.5, 0.6) is 17.2 Å². The van der Waals surface area contributed by atoms with E-state index in [-0.39, 0.29) is 25.6 Å². The predicted molar refractivity (Wildman–Crippen MR) is 145 cm³/mol. The summed E-state index contributed by atoms with van der Waals surface area (Å²) in [6.45, 7) is 2.64. The fourth-order valence-electron chi connectivity index (χ4n) is 4.07. The number of ether oxygens (including phenoxy) is 5. The van der Waals surface area contributed by atoms with E-state index in [1.54, 1.807) is 26.2 Å². The number of fused-ring (bicyclic) bond motifs is 1. The number of methoxy groups -OCH3 is 2. The zero-order valence-corrected chi connectivity index (χ0v) is 22.6. The van der Waals surface area contributed by atoms with Crippen LogP contribution < -0.4 is 14.2 Å². The molecule has 9 nitrogen and oxygen atoms in total. The molecule has 1 heterocycles. The average Bonchev–Trinajstić information content (AvgIpc) is 3.28. The van der Waals surface area contributed by atoms with Gasteiger partial charge in [-0.2, -0.15) is 0 Å². The van der Waals surface area contributed by atoms with Crippen molar-refractivity contribution in [2.45, 2.75) is 33.0 Å². The van der Waals surface area contributed by atoms with E-state index < -0.39 is 5.97 Å². The van der Waals surface area contributed by atoms with Crippen molar-refractivity contribution in [1.82, 2.24) is 9.55 Å². The van der Waals surface area contributed by atoms with Crippen LogP contribution in [0.1, 0.15) is 40.7 Å². The van der Waals surface area contributed by atoms with Gasteiger partial charge in [-0.15, -0.1) is 0 Å². The highest BCUT2D eigenvalue weighted by Gasteiger charge is 2.13. The van der Waals surface area contributed by atoms with E-state index in [0.717, 1.165) is 33.7 Å². The molecule has 0 aliphatic rings. The fraction of sp³-hybridized carbons (Fsp3) is 0.300. The Kier molecular flexibility index (Phi) is 9.04. The molecule has 0 radical (unpaired) electrons. The second-order valence-electron chi connectivity index (χ2n) is 8.78. The minimum absolute atomic E-state index is 0.238. The van der Waals surface area contributed by atoms with Gasteiger partial charge in [0.15, 0.2) is 0 Å². The normalized spacial score (nSPS) is 10.8. The first-order valence-electron chi connectivity index (χ1n) is 12.6. The van der Waals surface area contributed by atoms with Crippen LogP contribution in [0, 0.1) is 0 Å². The minimum atomic E-state index is -0.395. The summed E-state index contributed by atoms with van der Waals surface area (Å²) in [5.74, 6) is 2.07. The van der Waals surface area contributed by atoms with Crippen LogP contribution in [0.15, 0.2) is 60.7 Å². The quantitative estimate of drug-likeness (QED) is 0.235. The van der Waals surface area contributed by atoms with Crippen LogP contribution in [0.2, 0.25) is 0 Å². The monoisotopic (exact) mass is 532 g/mol. The Morgan fingerprint density at radius 2 is 1.67 bits per heavy atom. The Morgan fingerprint density at radius 3 is 2.38 bits per heavy atom. The molecular formula is C30H32N2O7. The SMILES string of the molecule is CCOC(=O)CCc1ccc(OCc2nc3ccc(OC)cc3n2C)cc1OCc1ccc(C(=O)OC)cc1. The summed E-state index contributed by atoms with van der Waals surface area (Å²) in [5, 5.41) is 0. The van der Waals surface area contributed by atoms with Crippen LogP contribution in [-0.4, -0.2) is 42.3 Å². The van der Waals surface area contributed by atoms with Crippen molar-refractivity contribution < 1.29 is 33.3 Å². The van der Waals surface area contributed by atoms with E-state index in [0.29, 0.717) is 30.1 Å². The lowest BCUT2D eigenvalue weighted by molar-refractivity contribution is -0.143.